The summed E-state index contributed by atoms with van der Waals surface area (Å²) in [6, 6.07) is 8.03. The van der Waals surface area contributed by atoms with Crippen molar-refractivity contribution in [3.05, 3.63) is 35.6 Å². The van der Waals surface area contributed by atoms with Gasteiger partial charge in [-0.25, -0.2) is 0 Å². The van der Waals surface area contributed by atoms with Gasteiger partial charge in [0.25, 0.3) is 0 Å². The van der Waals surface area contributed by atoms with Crippen LogP contribution in [0.25, 0.3) is 11.0 Å². The Kier molecular flexibility index (Phi) is 3.85. The summed E-state index contributed by atoms with van der Waals surface area (Å²) in [7, 11) is 0. The Balaban J connectivity index is 1.69. The minimum atomic E-state index is 0.499. The number of furan rings is 1. The van der Waals surface area contributed by atoms with Crippen LogP contribution < -0.4 is 5.73 Å². The van der Waals surface area contributed by atoms with Gasteiger partial charge in [-0.1, -0.05) is 31.0 Å². The number of rotatable bonds is 5. The number of benzene rings is 1. The van der Waals surface area contributed by atoms with E-state index in [9.17, 15) is 0 Å². The van der Waals surface area contributed by atoms with Crippen LogP contribution in [0.4, 0.5) is 0 Å². The Morgan fingerprint density at radius 1 is 1.21 bits per heavy atom. The lowest BCUT2D eigenvalue weighted by Crippen LogP contribution is -2.07. The highest BCUT2D eigenvalue weighted by Gasteiger charge is 2.16. The maximum Gasteiger partial charge on any atom is 0.135 e. The molecule has 0 radical (unpaired) electrons. The summed E-state index contributed by atoms with van der Waals surface area (Å²) in [5.41, 5.74) is 7.83. The van der Waals surface area contributed by atoms with Crippen LogP contribution in [0.5, 0.6) is 0 Å². The van der Waals surface area contributed by atoms with Crippen LogP contribution in [0.2, 0.25) is 0 Å². The van der Waals surface area contributed by atoms with E-state index in [-0.39, 0.29) is 0 Å². The Morgan fingerprint density at radius 3 is 2.79 bits per heavy atom. The van der Waals surface area contributed by atoms with E-state index in [1.807, 2.05) is 18.2 Å². The van der Waals surface area contributed by atoms with Crippen LogP contribution in [0.15, 0.2) is 28.7 Å². The van der Waals surface area contributed by atoms with Crippen molar-refractivity contribution in [3.8, 4) is 0 Å². The monoisotopic (exact) mass is 259 g/mol. The van der Waals surface area contributed by atoms with Crippen molar-refractivity contribution < 1.29 is 9.15 Å². The minimum absolute atomic E-state index is 0.499. The molecule has 0 saturated heterocycles. The lowest BCUT2D eigenvalue weighted by Gasteiger charge is -2.09. The van der Waals surface area contributed by atoms with E-state index in [0.717, 1.165) is 34.8 Å². The first-order chi connectivity index (χ1) is 9.38. The summed E-state index contributed by atoms with van der Waals surface area (Å²) >= 11 is 0. The van der Waals surface area contributed by atoms with Crippen molar-refractivity contribution in [3.63, 3.8) is 0 Å². The molecular weight excluding hydrogens is 238 g/mol. The zero-order chi connectivity index (χ0) is 13.1. The number of para-hydroxylation sites is 1. The number of hydrogen-bond donors (Lipinski definition) is 1. The van der Waals surface area contributed by atoms with Crippen LogP contribution in [0, 0.1) is 5.92 Å². The normalized spacial score (nSPS) is 16.5. The van der Waals surface area contributed by atoms with E-state index in [1.54, 1.807) is 0 Å². The molecule has 0 aliphatic heterocycles. The molecule has 3 heteroatoms. The second-order valence-corrected chi connectivity index (χ2v) is 5.37. The van der Waals surface area contributed by atoms with Crippen molar-refractivity contribution in [1.29, 1.82) is 0 Å². The molecular formula is C16H21NO2. The first-order valence-corrected chi connectivity index (χ1v) is 7.15. The van der Waals surface area contributed by atoms with Gasteiger partial charge >= 0.3 is 0 Å². The molecule has 1 aromatic carbocycles. The molecule has 102 valence electrons. The highest BCUT2D eigenvalue weighted by molar-refractivity contribution is 5.82. The number of hydrogen-bond acceptors (Lipinski definition) is 3. The second kappa shape index (κ2) is 5.76. The standard InChI is InChI=1S/C16H21NO2/c17-9-14-13-7-3-4-8-15(13)19-16(14)11-18-10-12-5-1-2-6-12/h3-4,7-8,12H,1-2,5-6,9-11,17H2. The van der Waals surface area contributed by atoms with Crippen LogP contribution in [0.3, 0.4) is 0 Å². The summed E-state index contributed by atoms with van der Waals surface area (Å²) in [5, 5.41) is 1.12. The van der Waals surface area contributed by atoms with Crippen LogP contribution in [-0.2, 0) is 17.9 Å². The summed E-state index contributed by atoms with van der Waals surface area (Å²) in [5.74, 6) is 1.63. The summed E-state index contributed by atoms with van der Waals surface area (Å²) in [4.78, 5) is 0. The second-order valence-electron chi connectivity index (χ2n) is 5.37. The fourth-order valence-corrected chi connectivity index (χ4v) is 2.99. The van der Waals surface area contributed by atoms with E-state index < -0.39 is 0 Å². The SMILES string of the molecule is NCc1c(COCC2CCCC2)oc2ccccc12. The molecule has 0 atom stereocenters. The molecule has 0 bridgehead atoms. The lowest BCUT2D eigenvalue weighted by atomic mass is 10.1. The maximum absolute atomic E-state index is 5.85. The predicted octanol–water partition coefficient (Wildman–Crippen LogP) is 3.60. The molecule has 1 saturated carbocycles. The van der Waals surface area contributed by atoms with Crippen LogP contribution >= 0.6 is 0 Å². The number of nitrogens with two attached hydrogens (primary N) is 1. The minimum Gasteiger partial charge on any atom is -0.458 e. The molecule has 3 rings (SSSR count). The van der Waals surface area contributed by atoms with Gasteiger partial charge in [-0.15, -0.1) is 0 Å². The van der Waals surface area contributed by atoms with Crippen molar-refractivity contribution in [1.82, 2.24) is 0 Å². The Labute approximate surface area is 113 Å². The smallest absolute Gasteiger partial charge is 0.135 e. The fourth-order valence-electron chi connectivity index (χ4n) is 2.99. The molecule has 0 unspecified atom stereocenters. The van der Waals surface area contributed by atoms with Crippen LogP contribution in [-0.4, -0.2) is 6.61 Å². The number of ether oxygens (including phenoxy) is 1. The Bertz CT molecular complexity index is 541. The Hall–Kier alpha value is -1.32. The fraction of sp³-hybridized carbons (Fsp3) is 0.500. The zero-order valence-corrected chi connectivity index (χ0v) is 11.2. The third-order valence-electron chi connectivity index (χ3n) is 4.05. The third-order valence-corrected chi connectivity index (χ3v) is 4.05. The van der Waals surface area contributed by atoms with Gasteiger partial charge in [0.1, 0.15) is 18.0 Å². The van der Waals surface area contributed by atoms with Crippen molar-refractivity contribution in [2.45, 2.75) is 38.8 Å². The predicted molar refractivity (Wildman–Crippen MR) is 75.7 cm³/mol. The van der Waals surface area contributed by atoms with Gasteiger partial charge in [-0.3, -0.25) is 0 Å². The van der Waals surface area contributed by atoms with Gasteiger partial charge in [-0.2, -0.15) is 0 Å². The van der Waals surface area contributed by atoms with Gasteiger partial charge in [0.2, 0.25) is 0 Å². The van der Waals surface area contributed by atoms with Crippen LogP contribution in [0.1, 0.15) is 37.0 Å². The molecule has 0 spiro atoms. The maximum atomic E-state index is 5.85. The topological polar surface area (TPSA) is 48.4 Å². The highest BCUT2D eigenvalue weighted by Crippen LogP contribution is 2.28. The largest absolute Gasteiger partial charge is 0.458 e. The third kappa shape index (κ3) is 2.67. The van der Waals surface area contributed by atoms with Crippen molar-refractivity contribution >= 4 is 11.0 Å². The molecule has 19 heavy (non-hydrogen) atoms. The molecule has 1 aromatic heterocycles. The van der Waals surface area contributed by atoms with E-state index >= 15 is 0 Å². The number of fused-ring (bicyclic) bond motifs is 1. The first kappa shape index (κ1) is 12.7. The summed E-state index contributed by atoms with van der Waals surface area (Å²) < 4.78 is 11.7. The molecule has 1 aliphatic carbocycles. The molecule has 1 fully saturated rings. The first-order valence-electron chi connectivity index (χ1n) is 7.15. The molecule has 1 heterocycles. The van der Waals surface area contributed by atoms with E-state index in [0.29, 0.717) is 13.2 Å². The van der Waals surface area contributed by atoms with E-state index in [4.69, 9.17) is 14.9 Å². The lowest BCUT2D eigenvalue weighted by molar-refractivity contribution is 0.0774. The van der Waals surface area contributed by atoms with Crippen molar-refractivity contribution in [2.24, 2.45) is 11.7 Å². The summed E-state index contributed by atoms with van der Waals surface area (Å²) in [6.07, 6.45) is 5.33. The average molecular weight is 259 g/mol. The molecule has 3 nitrogen and oxygen atoms in total. The van der Waals surface area contributed by atoms with Gasteiger partial charge < -0.3 is 14.9 Å². The molecule has 0 amide bonds. The van der Waals surface area contributed by atoms with Gasteiger partial charge in [-0.05, 0) is 24.8 Å². The molecule has 2 aromatic rings. The summed E-state index contributed by atoms with van der Waals surface area (Å²) in [6.45, 7) is 1.89. The van der Waals surface area contributed by atoms with Gasteiger partial charge in [0.15, 0.2) is 0 Å². The Morgan fingerprint density at radius 2 is 2.00 bits per heavy atom. The zero-order valence-electron chi connectivity index (χ0n) is 11.2. The molecule has 2 N–H and O–H groups in total. The van der Waals surface area contributed by atoms with E-state index in [2.05, 4.69) is 6.07 Å². The van der Waals surface area contributed by atoms with Gasteiger partial charge in [0.05, 0.1) is 0 Å². The average Bonchev–Trinajstić information content (AvgIpc) is 3.05. The van der Waals surface area contributed by atoms with Crippen molar-refractivity contribution in [2.75, 3.05) is 6.61 Å². The van der Waals surface area contributed by atoms with Gasteiger partial charge in [0, 0.05) is 24.1 Å². The molecule has 1 aliphatic rings. The highest BCUT2D eigenvalue weighted by atomic mass is 16.5. The van der Waals surface area contributed by atoms with E-state index in [1.165, 1.54) is 25.7 Å². The quantitative estimate of drug-likeness (QED) is 0.892.